The van der Waals surface area contributed by atoms with Crippen LogP contribution in [-0.4, -0.2) is 34.0 Å². The minimum Gasteiger partial charge on any atom is -0.388 e. The molecule has 3 nitrogen and oxygen atoms in total. The third-order valence-corrected chi connectivity index (χ3v) is 1.78. The summed E-state index contributed by atoms with van der Waals surface area (Å²) in [6.45, 7) is 6.52. The van der Waals surface area contributed by atoms with E-state index < -0.39 is 11.8 Å². The van der Waals surface area contributed by atoms with Gasteiger partial charge < -0.3 is 15.1 Å². The lowest BCUT2D eigenvalue weighted by molar-refractivity contribution is -0.132. The summed E-state index contributed by atoms with van der Waals surface area (Å²) in [7, 11) is 1.65. The SMILES string of the molecule is C=CN(C)C(C)(O)C(C)O. The van der Waals surface area contributed by atoms with E-state index in [9.17, 15) is 5.11 Å². The first kappa shape index (κ1) is 9.46. The van der Waals surface area contributed by atoms with Crippen molar-refractivity contribution in [2.75, 3.05) is 7.05 Å². The molecule has 0 rings (SSSR count). The van der Waals surface area contributed by atoms with Gasteiger partial charge in [-0.05, 0) is 20.0 Å². The fraction of sp³-hybridized carbons (Fsp3) is 0.714. The highest BCUT2D eigenvalue weighted by Crippen LogP contribution is 2.13. The first-order valence-electron chi connectivity index (χ1n) is 3.19. The van der Waals surface area contributed by atoms with Crippen molar-refractivity contribution in [2.24, 2.45) is 0 Å². The van der Waals surface area contributed by atoms with Crippen LogP contribution in [-0.2, 0) is 0 Å². The van der Waals surface area contributed by atoms with E-state index in [4.69, 9.17) is 5.11 Å². The lowest BCUT2D eigenvalue weighted by atomic mass is 10.1. The second-order valence-corrected chi connectivity index (χ2v) is 2.56. The van der Waals surface area contributed by atoms with E-state index in [0.717, 1.165) is 0 Å². The lowest BCUT2D eigenvalue weighted by Crippen LogP contribution is -2.49. The van der Waals surface area contributed by atoms with E-state index in [1.54, 1.807) is 7.05 Å². The van der Waals surface area contributed by atoms with E-state index in [1.807, 2.05) is 0 Å². The normalized spacial score (nSPS) is 19.3. The quantitative estimate of drug-likeness (QED) is 0.556. The molecule has 3 heteroatoms. The number of rotatable bonds is 3. The average Bonchev–Trinajstić information content (AvgIpc) is 1.86. The number of nitrogens with zero attached hydrogens (tertiary/aromatic N) is 1. The molecule has 10 heavy (non-hydrogen) atoms. The second-order valence-electron chi connectivity index (χ2n) is 2.56. The van der Waals surface area contributed by atoms with Crippen molar-refractivity contribution in [3.63, 3.8) is 0 Å². The molecule has 0 aliphatic carbocycles. The van der Waals surface area contributed by atoms with E-state index in [-0.39, 0.29) is 0 Å². The van der Waals surface area contributed by atoms with Crippen molar-refractivity contribution in [2.45, 2.75) is 25.7 Å². The molecule has 0 radical (unpaired) electrons. The number of hydrogen-bond acceptors (Lipinski definition) is 3. The molecular weight excluding hydrogens is 130 g/mol. The van der Waals surface area contributed by atoms with E-state index in [1.165, 1.54) is 24.9 Å². The predicted octanol–water partition coefficient (Wildman–Crippen LogP) is 0.151. The molecule has 0 saturated heterocycles. The highest BCUT2D eigenvalue weighted by Gasteiger charge is 2.29. The van der Waals surface area contributed by atoms with Crippen molar-refractivity contribution in [1.82, 2.24) is 4.90 Å². The van der Waals surface area contributed by atoms with Crippen LogP contribution in [0.2, 0.25) is 0 Å². The molecular formula is C7H15NO2. The summed E-state index contributed by atoms with van der Waals surface area (Å²) in [6, 6.07) is 0. The van der Waals surface area contributed by atoms with Crippen LogP contribution in [0, 0.1) is 0 Å². The van der Waals surface area contributed by atoms with E-state index >= 15 is 0 Å². The van der Waals surface area contributed by atoms with Crippen LogP contribution in [0.3, 0.4) is 0 Å². The van der Waals surface area contributed by atoms with Gasteiger partial charge in [0.1, 0.15) is 0 Å². The Bertz CT molecular complexity index is 121. The standard InChI is InChI=1S/C7H15NO2/c1-5-8(4)7(3,10)6(2)9/h5-6,9-10H,1H2,2-4H3. The molecule has 2 unspecified atom stereocenters. The molecule has 2 N–H and O–H groups in total. The van der Waals surface area contributed by atoms with Gasteiger partial charge in [0.05, 0.1) is 6.10 Å². The van der Waals surface area contributed by atoms with Crippen LogP contribution in [0.15, 0.2) is 12.8 Å². The Morgan fingerprint density at radius 2 is 2.10 bits per heavy atom. The van der Waals surface area contributed by atoms with Crippen molar-refractivity contribution in [3.05, 3.63) is 12.8 Å². The van der Waals surface area contributed by atoms with Crippen LogP contribution in [0.25, 0.3) is 0 Å². The molecule has 0 amide bonds. The third-order valence-electron chi connectivity index (χ3n) is 1.78. The molecule has 0 aliphatic heterocycles. The van der Waals surface area contributed by atoms with Gasteiger partial charge in [-0.3, -0.25) is 0 Å². The molecule has 0 aromatic rings. The molecule has 0 saturated carbocycles. The van der Waals surface area contributed by atoms with Crippen molar-refractivity contribution >= 4 is 0 Å². The molecule has 2 atom stereocenters. The van der Waals surface area contributed by atoms with Gasteiger partial charge in [-0.15, -0.1) is 0 Å². The molecule has 0 heterocycles. The zero-order chi connectivity index (χ0) is 8.36. The number of likely N-dealkylation sites (N-methyl/N-ethyl adjacent to an activating group) is 1. The Kier molecular flexibility index (Phi) is 2.87. The second kappa shape index (κ2) is 3.03. The number of aliphatic hydroxyl groups is 2. The lowest BCUT2D eigenvalue weighted by Gasteiger charge is -2.35. The molecule has 0 fully saturated rings. The van der Waals surface area contributed by atoms with Crippen molar-refractivity contribution < 1.29 is 10.2 Å². The molecule has 0 bridgehead atoms. The van der Waals surface area contributed by atoms with Crippen LogP contribution in [0.4, 0.5) is 0 Å². The molecule has 0 spiro atoms. The van der Waals surface area contributed by atoms with Crippen LogP contribution >= 0.6 is 0 Å². The average molecular weight is 145 g/mol. The highest BCUT2D eigenvalue weighted by atomic mass is 16.4. The summed E-state index contributed by atoms with van der Waals surface area (Å²) < 4.78 is 0. The smallest absolute Gasteiger partial charge is 0.160 e. The van der Waals surface area contributed by atoms with Gasteiger partial charge in [-0.1, -0.05) is 6.58 Å². The maximum atomic E-state index is 9.46. The largest absolute Gasteiger partial charge is 0.388 e. The van der Waals surface area contributed by atoms with Gasteiger partial charge >= 0.3 is 0 Å². The molecule has 60 valence electrons. The molecule has 0 aliphatic rings. The Hall–Kier alpha value is -0.540. The highest BCUT2D eigenvalue weighted by molar-refractivity contribution is 4.83. The first-order valence-corrected chi connectivity index (χ1v) is 3.19. The summed E-state index contributed by atoms with van der Waals surface area (Å²) in [4.78, 5) is 1.46. The van der Waals surface area contributed by atoms with Gasteiger partial charge in [-0.2, -0.15) is 0 Å². The predicted molar refractivity (Wildman–Crippen MR) is 40.3 cm³/mol. The Labute approximate surface area is 61.6 Å². The summed E-state index contributed by atoms with van der Waals surface area (Å²) in [5.41, 5.74) is -1.22. The Balaban J connectivity index is 4.22. The minimum absolute atomic E-state index is 0.796. The van der Waals surface area contributed by atoms with Gasteiger partial charge in [0.2, 0.25) is 0 Å². The van der Waals surface area contributed by atoms with Gasteiger partial charge in [0.25, 0.3) is 0 Å². The maximum Gasteiger partial charge on any atom is 0.160 e. The summed E-state index contributed by atoms with van der Waals surface area (Å²) in [5, 5.41) is 18.5. The summed E-state index contributed by atoms with van der Waals surface area (Å²) >= 11 is 0. The van der Waals surface area contributed by atoms with Crippen LogP contribution in [0.5, 0.6) is 0 Å². The molecule has 0 aromatic carbocycles. The Morgan fingerprint density at radius 1 is 1.70 bits per heavy atom. The van der Waals surface area contributed by atoms with Crippen molar-refractivity contribution in [1.29, 1.82) is 0 Å². The van der Waals surface area contributed by atoms with E-state index in [0.29, 0.717) is 0 Å². The summed E-state index contributed by atoms with van der Waals surface area (Å²) in [5.74, 6) is 0. The van der Waals surface area contributed by atoms with Gasteiger partial charge in [-0.25, -0.2) is 0 Å². The molecule has 0 aromatic heterocycles. The maximum absolute atomic E-state index is 9.46. The first-order chi connectivity index (χ1) is 4.42. The topological polar surface area (TPSA) is 43.7 Å². The zero-order valence-corrected chi connectivity index (χ0v) is 6.70. The third kappa shape index (κ3) is 1.72. The Morgan fingerprint density at radius 3 is 2.20 bits per heavy atom. The van der Waals surface area contributed by atoms with Crippen molar-refractivity contribution in [3.8, 4) is 0 Å². The minimum atomic E-state index is -1.22. The fourth-order valence-corrected chi connectivity index (χ4v) is 0.480. The number of aliphatic hydroxyl groups excluding tert-OH is 1. The van der Waals surface area contributed by atoms with E-state index in [2.05, 4.69) is 6.58 Å². The monoisotopic (exact) mass is 145 g/mol. The van der Waals surface area contributed by atoms with Gasteiger partial charge in [0, 0.05) is 7.05 Å². The number of hydrogen-bond donors (Lipinski definition) is 2. The zero-order valence-electron chi connectivity index (χ0n) is 6.70. The van der Waals surface area contributed by atoms with Gasteiger partial charge in [0.15, 0.2) is 5.72 Å². The van der Waals surface area contributed by atoms with Crippen LogP contribution < -0.4 is 0 Å². The van der Waals surface area contributed by atoms with Crippen LogP contribution in [0.1, 0.15) is 13.8 Å². The summed E-state index contributed by atoms with van der Waals surface area (Å²) in [6.07, 6.45) is 0.669. The fourth-order valence-electron chi connectivity index (χ4n) is 0.480.